The van der Waals surface area contributed by atoms with E-state index in [1.54, 1.807) is 0 Å². The Balaban J connectivity index is 1.93. The first-order chi connectivity index (χ1) is 12.3. The summed E-state index contributed by atoms with van der Waals surface area (Å²) in [6.07, 6.45) is 1.89. The Morgan fingerprint density at radius 1 is 1.46 bits per heavy atom. The van der Waals surface area contributed by atoms with E-state index in [1.807, 2.05) is 0 Å². The molecule has 1 saturated heterocycles. The lowest BCUT2D eigenvalue weighted by molar-refractivity contribution is -0.384. The van der Waals surface area contributed by atoms with Crippen molar-refractivity contribution in [1.82, 2.24) is 9.88 Å². The smallest absolute Gasteiger partial charge is 0.271 e. The zero-order valence-corrected chi connectivity index (χ0v) is 15.0. The number of sulfone groups is 1. The molecule has 1 aliphatic heterocycles. The van der Waals surface area contributed by atoms with Crippen molar-refractivity contribution in [3.05, 3.63) is 40.1 Å². The van der Waals surface area contributed by atoms with Crippen molar-refractivity contribution in [3.8, 4) is 0 Å². The number of nitrogens with one attached hydrogen (secondary N) is 1. The summed E-state index contributed by atoms with van der Waals surface area (Å²) in [6, 6.07) is 3.83. The van der Waals surface area contributed by atoms with Gasteiger partial charge in [-0.15, -0.1) is 0 Å². The number of nitro benzene ring substituents is 1. The molecule has 1 aromatic heterocycles. The van der Waals surface area contributed by atoms with Gasteiger partial charge in [0.1, 0.15) is 0 Å². The lowest BCUT2D eigenvalue weighted by Crippen LogP contribution is -2.43. The van der Waals surface area contributed by atoms with Gasteiger partial charge in [-0.25, -0.2) is 8.42 Å². The normalized spacial score (nSPS) is 18.9. The number of aromatic nitrogens is 1. The second-order valence-electron chi connectivity index (χ2n) is 6.24. The largest absolute Gasteiger partial charge is 0.383 e. The number of amides is 1. The predicted molar refractivity (Wildman–Crippen MR) is 94.9 cm³/mol. The van der Waals surface area contributed by atoms with Crippen LogP contribution >= 0.6 is 0 Å². The molecule has 0 radical (unpaired) electrons. The van der Waals surface area contributed by atoms with E-state index in [1.165, 1.54) is 36.4 Å². The molecule has 1 aromatic carbocycles. The van der Waals surface area contributed by atoms with Crippen LogP contribution in [0.15, 0.2) is 24.4 Å². The maximum atomic E-state index is 13.1. The van der Waals surface area contributed by atoms with E-state index < -0.39 is 20.8 Å². The number of aromatic amines is 1. The van der Waals surface area contributed by atoms with Gasteiger partial charge in [0.2, 0.25) is 0 Å². The van der Waals surface area contributed by atoms with Gasteiger partial charge >= 0.3 is 0 Å². The standard InChI is InChI=1S/C16H19N3O6S/c1-25-6-5-18(12-4-7-26(23,24)10-12)16(20)14-9-17-15-8-11(19(21)22)2-3-13(14)15/h2-3,8-9,12,17H,4-7,10H2,1H3/t12-/m0/s1. The van der Waals surface area contributed by atoms with Crippen LogP contribution in [-0.4, -0.2) is 66.9 Å². The molecule has 3 rings (SSSR count). The molecule has 1 N–H and O–H groups in total. The number of nitrogens with zero attached hydrogens (tertiary/aromatic N) is 2. The summed E-state index contributed by atoms with van der Waals surface area (Å²) in [5, 5.41) is 11.5. The Bertz CT molecular complexity index is 952. The molecule has 9 nitrogen and oxygen atoms in total. The third-order valence-electron chi connectivity index (χ3n) is 4.55. The van der Waals surface area contributed by atoms with Crippen molar-refractivity contribution in [2.24, 2.45) is 0 Å². The predicted octanol–water partition coefficient (Wildman–Crippen LogP) is 1.35. The van der Waals surface area contributed by atoms with Crippen molar-refractivity contribution in [1.29, 1.82) is 0 Å². The second kappa shape index (κ2) is 7.04. The van der Waals surface area contributed by atoms with Crippen molar-refractivity contribution >= 4 is 32.3 Å². The molecule has 0 aliphatic carbocycles. The molecule has 1 atom stereocenters. The lowest BCUT2D eigenvalue weighted by atomic mass is 10.1. The van der Waals surface area contributed by atoms with E-state index in [-0.39, 0.29) is 36.3 Å². The quantitative estimate of drug-likeness (QED) is 0.595. The summed E-state index contributed by atoms with van der Waals surface area (Å²) in [6.45, 7) is 0.561. The molecule has 140 valence electrons. The number of non-ortho nitro benzene ring substituents is 1. The fourth-order valence-electron chi connectivity index (χ4n) is 3.22. The van der Waals surface area contributed by atoms with Crippen molar-refractivity contribution < 1.29 is 22.9 Å². The summed E-state index contributed by atoms with van der Waals surface area (Å²) in [5.41, 5.74) is 0.764. The highest BCUT2D eigenvalue weighted by Crippen LogP contribution is 2.26. The number of nitro groups is 1. The third-order valence-corrected chi connectivity index (χ3v) is 6.30. The first-order valence-corrected chi connectivity index (χ1v) is 9.90. The number of methoxy groups -OCH3 is 1. The van der Waals surface area contributed by atoms with E-state index in [0.29, 0.717) is 22.9 Å². The van der Waals surface area contributed by atoms with E-state index in [4.69, 9.17) is 4.74 Å². The zero-order valence-electron chi connectivity index (χ0n) is 14.2. The van der Waals surface area contributed by atoms with Gasteiger partial charge in [-0.1, -0.05) is 0 Å². The van der Waals surface area contributed by atoms with E-state index in [9.17, 15) is 23.3 Å². The van der Waals surface area contributed by atoms with Gasteiger partial charge in [0.15, 0.2) is 9.84 Å². The van der Waals surface area contributed by atoms with Crippen LogP contribution in [0.3, 0.4) is 0 Å². The van der Waals surface area contributed by atoms with E-state index in [2.05, 4.69) is 4.98 Å². The van der Waals surface area contributed by atoms with Gasteiger partial charge in [0, 0.05) is 43.4 Å². The Labute approximate surface area is 150 Å². The number of H-pyrrole nitrogens is 1. The van der Waals surface area contributed by atoms with Gasteiger partial charge in [0.05, 0.1) is 34.1 Å². The second-order valence-corrected chi connectivity index (χ2v) is 8.47. The number of carbonyl (C=O) groups excluding carboxylic acids is 1. The highest BCUT2D eigenvalue weighted by Gasteiger charge is 2.35. The number of hydrogen-bond acceptors (Lipinski definition) is 6. The molecule has 0 bridgehead atoms. The molecular formula is C16H19N3O6S. The Kier molecular flexibility index (Phi) is 4.97. The van der Waals surface area contributed by atoms with Gasteiger partial charge < -0.3 is 14.6 Å². The summed E-state index contributed by atoms with van der Waals surface area (Å²) in [7, 11) is -1.63. The topological polar surface area (TPSA) is 123 Å². The fraction of sp³-hybridized carbons (Fsp3) is 0.438. The first kappa shape index (κ1) is 18.3. The minimum Gasteiger partial charge on any atom is -0.383 e. The van der Waals surface area contributed by atoms with Crippen LogP contribution in [0.1, 0.15) is 16.8 Å². The van der Waals surface area contributed by atoms with Gasteiger partial charge in [-0.3, -0.25) is 14.9 Å². The van der Waals surface area contributed by atoms with Crippen molar-refractivity contribution in [2.45, 2.75) is 12.5 Å². The van der Waals surface area contributed by atoms with Crippen LogP contribution in [-0.2, 0) is 14.6 Å². The van der Waals surface area contributed by atoms with E-state index >= 15 is 0 Å². The number of carbonyl (C=O) groups is 1. The first-order valence-electron chi connectivity index (χ1n) is 8.08. The summed E-state index contributed by atoms with van der Waals surface area (Å²) in [4.78, 5) is 27.9. The van der Waals surface area contributed by atoms with Crippen LogP contribution in [0.5, 0.6) is 0 Å². The van der Waals surface area contributed by atoms with Crippen LogP contribution in [0.25, 0.3) is 10.9 Å². The Morgan fingerprint density at radius 3 is 2.85 bits per heavy atom. The van der Waals surface area contributed by atoms with Crippen LogP contribution < -0.4 is 0 Å². The van der Waals surface area contributed by atoms with Gasteiger partial charge in [0.25, 0.3) is 11.6 Å². The molecule has 26 heavy (non-hydrogen) atoms. The maximum absolute atomic E-state index is 13.1. The molecule has 0 saturated carbocycles. The van der Waals surface area contributed by atoms with Gasteiger partial charge in [-0.2, -0.15) is 0 Å². The summed E-state index contributed by atoms with van der Waals surface area (Å²) in [5.74, 6) is -0.311. The average molecular weight is 381 g/mol. The summed E-state index contributed by atoms with van der Waals surface area (Å²) >= 11 is 0. The number of fused-ring (bicyclic) bond motifs is 1. The van der Waals surface area contributed by atoms with Gasteiger partial charge in [-0.05, 0) is 12.5 Å². The molecule has 2 heterocycles. The van der Waals surface area contributed by atoms with Crippen molar-refractivity contribution in [3.63, 3.8) is 0 Å². The fourth-order valence-corrected chi connectivity index (χ4v) is 4.95. The maximum Gasteiger partial charge on any atom is 0.271 e. The minimum absolute atomic E-state index is 0.0592. The van der Waals surface area contributed by atoms with Crippen LogP contribution in [0.4, 0.5) is 5.69 Å². The molecule has 2 aromatic rings. The average Bonchev–Trinajstić information content (AvgIpc) is 3.17. The third kappa shape index (κ3) is 3.56. The molecule has 0 spiro atoms. The molecule has 1 amide bonds. The molecule has 0 unspecified atom stereocenters. The highest BCUT2D eigenvalue weighted by molar-refractivity contribution is 7.91. The number of benzene rings is 1. The Morgan fingerprint density at radius 2 is 2.23 bits per heavy atom. The van der Waals surface area contributed by atoms with E-state index in [0.717, 1.165) is 0 Å². The van der Waals surface area contributed by atoms with Crippen LogP contribution in [0, 0.1) is 10.1 Å². The lowest BCUT2D eigenvalue weighted by Gasteiger charge is -2.28. The zero-order chi connectivity index (χ0) is 18.9. The molecule has 1 fully saturated rings. The van der Waals surface area contributed by atoms with Crippen LogP contribution in [0.2, 0.25) is 0 Å². The SMILES string of the molecule is COCCN(C(=O)c1c[nH]c2cc([N+](=O)[O-])ccc12)[C@H]1CCS(=O)(=O)C1. The highest BCUT2D eigenvalue weighted by atomic mass is 32.2. The number of ether oxygens (including phenoxy) is 1. The minimum atomic E-state index is -3.14. The molecule has 10 heteroatoms. The monoisotopic (exact) mass is 381 g/mol. The molecular weight excluding hydrogens is 362 g/mol. The Hall–Kier alpha value is -2.46. The number of hydrogen-bond donors (Lipinski definition) is 1. The van der Waals surface area contributed by atoms with Crippen molar-refractivity contribution in [2.75, 3.05) is 31.8 Å². The number of rotatable bonds is 6. The summed E-state index contributed by atoms with van der Waals surface area (Å²) < 4.78 is 28.7. The molecule has 1 aliphatic rings.